The number of allylic oxidation sites excluding steroid dienone is 1. The minimum Gasteiger partial charge on any atom is -0.378 e. The average Bonchev–Trinajstić information content (AvgIpc) is 3.55. The van der Waals surface area contributed by atoms with Gasteiger partial charge in [-0.1, -0.05) is 33.4 Å². The molecule has 3 heterocycles. The highest BCUT2D eigenvalue weighted by molar-refractivity contribution is 7.81. The molecule has 1 saturated heterocycles. The van der Waals surface area contributed by atoms with Gasteiger partial charge in [-0.2, -0.15) is 0 Å². The number of carbonyl (C=O) groups excluding carboxylic acids is 1. The molecule has 1 amide bonds. The molecule has 37 heavy (non-hydrogen) atoms. The minimum atomic E-state index is -0.968. The van der Waals surface area contributed by atoms with E-state index in [1.54, 1.807) is 17.6 Å². The second kappa shape index (κ2) is 13.7. The molecule has 0 bridgehead atoms. The Bertz CT molecular complexity index is 1040. The van der Waals surface area contributed by atoms with E-state index in [0.29, 0.717) is 19.0 Å². The third-order valence-corrected chi connectivity index (χ3v) is 9.48. The summed E-state index contributed by atoms with van der Waals surface area (Å²) in [6.07, 6.45) is 5.82. The lowest BCUT2D eigenvalue weighted by molar-refractivity contribution is -0.126. The Morgan fingerprint density at radius 2 is 2.03 bits per heavy atom. The third-order valence-electron chi connectivity index (χ3n) is 7.40. The number of amides is 1. The number of hydrogen-bond donors (Lipinski definition) is 1. The maximum atomic E-state index is 13.1. The molecule has 1 aliphatic heterocycles. The normalized spacial score (nSPS) is 17.5. The molecule has 206 valence electrons. The second-order valence-corrected chi connectivity index (χ2v) is 12.7. The summed E-state index contributed by atoms with van der Waals surface area (Å²) in [6, 6.07) is 4.37. The van der Waals surface area contributed by atoms with E-state index in [4.69, 9.17) is 0 Å². The summed E-state index contributed by atoms with van der Waals surface area (Å²) in [6.45, 7) is 15.1. The van der Waals surface area contributed by atoms with Gasteiger partial charge in [0.25, 0.3) is 0 Å². The number of rotatable bonds is 13. The van der Waals surface area contributed by atoms with Gasteiger partial charge < -0.3 is 14.8 Å². The Kier molecular flexibility index (Phi) is 10.9. The van der Waals surface area contributed by atoms with Gasteiger partial charge in [0.1, 0.15) is 11.6 Å². The maximum Gasteiger partial charge on any atom is 0.223 e. The first kappa shape index (κ1) is 29.5. The number of nitrogens with zero attached hydrogens (tertiary/aromatic N) is 5. The van der Waals surface area contributed by atoms with Gasteiger partial charge in [-0.25, -0.2) is 8.51 Å². The van der Waals surface area contributed by atoms with E-state index >= 15 is 0 Å². The van der Waals surface area contributed by atoms with E-state index in [1.807, 2.05) is 17.3 Å². The average molecular weight is 549 g/mol. The smallest absolute Gasteiger partial charge is 0.223 e. The van der Waals surface area contributed by atoms with Gasteiger partial charge in [0.15, 0.2) is 0 Å². The first-order valence-corrected chi connectivity index (χ1v) is 15.7. The van der Waals surface area contributed by atoms with Crippen molar-refractivity contribution in [3.05, 3.63) is 46.3 Å². The second-order valence-electron chi connectivity index (χ2n) is 10.4. The van der Waals surface area contributed by atoms with Crippen LogP contribution >= 0.6 is 11.3 Å². The molecule has 1 N–H and O–H groups in total. The third kappa shape index (κ3) is 7.74. The quantitative estimate of drug-likeness (QED) is 0.388. The number of piperidine rings is 1. The molecule has 0 saturated carbocycles. The molecule has 1 fully saturated rings. The highest BCUT2D eigenvalue weighted by Crippen LogP contribution is 2.29. The Balaban J connectivity index is 1.59. The summed E-state index contributed by atoms with van der Waals surface area (Å²) in [4.78, 5) is 16.5. The standard InChI is InChI=1S/C27H44N6O2S2/c1-8-23(33-21(5)29-30-26(33)19(2)3)18-20(4)31(6)14-13-24(25-10-9-17-36-25)28-27(34)22-11-15-32(16-12-22)37(7)35/h9-10,17,19,22-24H,4,8,11-16,18H2,1-3,5-7H3,(H,28,34). The Morgan fingerprint density at radius 1 is 1.32 bits per heavy atom. The fourth-order valence-corrected chi connectivity index (χ4v) is 6.53. The van der Waals surface area contributed by atoms with Crippen LogP contribution in [-0.4, -0.2) is 67.0 Å². The lowest BCUT2D eigenvalue weighted by Crippen LogP contribution is -2.42. The van der Waals surface area contributed by atoms with Crippen molar-refractivity contribution in [3.8, 4) is 0 Å². The van der Waals surface area contributed by atoms with Gasteiger partial charge in [0.2, 0.25) is 5.91 Å². The van der Waals surface area contributed by atoms with Gasteiger partial charge >= 0.3 is 0 Å². The van der Waals surface area contributed by atoms with Crippen molar-refractivity contribution in [2.75, 3.05) is 32.9 Å². The lowest BCUT2D eigenvalue weighted by atomic mass is 9.96. The van der Waals surface area contributed by atoms with Crippen LogP contribution in [0.2, 0.25) is 0 Å². The predicted molar refractivity (Wildman–Crippen MR) is 153 cm³/mol. The molecule has 0 aromatic carbocycles. The molecule has 3 unspecified atom stereocenters. The van der Waals surface area contributed by atoms with E-state index in [2.05, 4.69) is 70.8 Å². The summed E-state index contributed by atoms with van der Waals surface area (Å²) < 4.78 is 16.0. The molecule has 0 spiro atoms. The molecule has 2 aromatic heterocycles. The Labute approximate surface area is 229 Å². The molecule has 2 aromatic rings. The van der Waals surface area contributed by atoms with Gasteiger partial charge in [-0.05, 0) is 44.1 Å². The number of thiophene rings is 1. The summed E-state index contributed by atoms with van der Waals surface area (Å²) in [5.41, 5.74) is 1.07. The van der Waals surface area contributed by atoms with Crippen LogP contribution in [0.25, 0.3) is 0 Å². The number of carbonyl (C=O) groups is 1. The summed E-state index contributed by atoms with van der Waals surface area (Å²) in [5.74, 6) is 2.37. The number of aryl methyl sites for hydroxylation is 1. The van der Waals surface area contributed by atoms with Crippen molar-refractivity contribution in [2.45, 2.75) is 77.8 Å². The monoisotopic (exact) mass is 548 g/mol. The van der Waals surface area contributed by atoms with Crippen LogP contribution in [0.4, 0.5) is 0 Å². The lowest BCUT2D eigenvalue weighted by Gasteiger charge is -2.31. The van der Waals surface area contributed by atoms with Crippen molar-refractivity contribution in [2.24, 2.45) is 5.92 Å². The predicted octanol–water partition coefficient (Wildman–Crippen LogP) is 4.81. The molecule has 1 aliphatic rings. The van der Waals surface area contributed by atoms with E-state index in [1.165, 1.54) is 4.88 Å². The first-order valence-electron chi connectivity index (χ1n) is 13.3. The largest absolute Gasteiger partial charge is 0.378 e. The molecule has 0 aliphatic carbocycles. The molecule has 3 rings (SSSR count). The molecular formula is C27H44N6O2S2. The zero-order valence-corrected chi connectivity index (χ0v) is 24.9. The fraction of sp³-hybridized carbons (Fsp3) is 0.667. The number of hydrogen-bond acceptors (Lipinski definition) is 6. The Morgan fingerprint density at radius 3 is 2.59 bits per heavy atom. The van der Waals surface area contributed by atoms with Crippen molar-refractivity contribution in [1.82, 2.24) is 29.3 Å². The Hall–Kier alpha value is -2.04. The zero-order valence-electron chi connectivity index (χ0n) is 23.3. The molecule has 8 nitrogen and oxygen atoms in total. The van der Waals surface area contributed by atoms with Gasteiger partial charge in [0, 0.05) is 67.8 Å². The van der Waals surface area contributed by atoms with Gasteiger partial charge in [-0.3, -0.25) is 4.79 Å². The highest BCUT2D eigenvalue weighted by atomic mass is 32.2. The van der Waals surface area contributed by atoms with Crippen LogP contribution in [0.1, 0.15) is 87.4 Å². The van der Waals surface area contributed by atoms with Crippen LogP contribution in [0.3, 0.4) is 0 Å². The maximum absolute atomic E-state index is 13.1. The van der Waals surface area contributed by atoms with E-state index in [9.17, 15) is 9.00 Å². The highest BCUT2D eigenvalue weighted by Gasteiger charge is 2.28. The summed E-state index contributed by atoms with van der Waals surface area (Å²) >= 11 is 1.68. The minimum absolute atomic E-state index is 0.0255. The van der Waals surface area contributed by atoms with Crippen LogP contribution in [0.5, 0.6) is 0 Å². The van der Waals surface area contributed by atoms with Crippen LogP contribution in [-0.2, 0) is 15.8 Å². The van der Waals surface area contributed by atoms with Crippen molar-refractivity contribution < 1.29 is 9.00 Å². The van der Waals surface area contributed by atoms with Gasteiger partial charge in [-0.15, -0.1) is 21.5 Å². The van der Waals surface area contributed by atoms with E-state index in [0.717, 1.165) is 56.0 Å². The SMILES string of the molecule is C=C(CC(CC)n1c(C)nnc1C(C)C)N(C)CCC(NC(=O)C1CCN(S(C)=O)CC1)c1cccs1. The van der Waals surface area contributed by atoms with Crippen LogP contribution < -0.4 is 5.32 Å². The van der Waals surface area contributed by atoms with Crippen molar-refractivity contribution in [1.29, 1.82) is 0 Å². The van der Waals surface area contributed by atoms with E-state index in [-0.39, 0.29) is 23.9 Å². The van der Waals surface area contributed by atoms with Crippen LogP contribution in [0, 0.1) is 12.8 Å². The topological polar surface area (TPSA) is 83.4 Å². The van der Waals surface area contributed by atoms with Crippen molar-refractivity contribution >= 4 is 28.2 Å². The van der Waals surface area contributed by atoms with Crippen LogP contribution in [0.15, 0.2) is 29.8 Å². The van der Waals surface area contributed by atoms with Gasteiger partial charge in [0.05, 0.1) is 17.0 Å². The molecule has 0 radical (unpaired) electrons. The molecular weight excluding hydrogens is 504 g/mol. The van der Waals surface area contributed by atoms with Crippen molar-refractivity contribution in [3.63, 3.8) is 0 Å². The first-order chi connectivity index (χ1) is 17.6. The number of nitrogens with one attached hydrogen (secondary N) is 1. The fourth-order valence-electron chi connectivity index (χ4n) is 5.00. The summed E-state index contributed by atoms with van der Waals surface area (Å²) in [7, 11) is 1.12. The van der Waals surface area contributed by atoms with E-state index < -0.39 is 11.0 Å². The molecule has 10 heteroatoms. The summed E-state index contributed by atoms with van der Waals surface area (Å²) in [5, 5.41) is 14.1. The zero-order chi connectivity index (χ0) is 27.1. The number of aromatic nitrogens is 3. The molecule has 3 atom stereocenters.